The number of benzene rings is 4. The van der Waals surface area contributed by atoms with Gasteiger partial charge in [-0.15, -0.1) is 23.5 Å². The number of nitrogens with zero attached hydrogens (tertiary/aromatic N) is 6. The van der Waals surface area contributed by atoms with Gasteiger partial charge >= 0.3 is 0 Å². The standard InChI is InChI=1S/2C28H25N3O4S/c2*32-20-10-14-30-25(26(20)33)27(34)29-17-31(30)24-19-7-1-2-9-22(19)36-16-18-6-3-8-21(23(18)24)35-15-5-13-28(29)11-4-12-28/h2*1-3,5-10,13-14,24,33H,4,11-12,15-17H2/b2*13-5+/t2*24-/m10/s1. The first kappa shape index (κ1) is 44.6. The van der Waals surface area contributed by atoms with Crippen molar-refractivity contribution in [2.75, 3.05) is 36.6 Å². The number of hydrogen-bond acceptors (Lipinski definition) is 12. The van der Waals surface area contributed by atoms with E-state index in [2.05, 4.69) is 58.6 Å². The van der Waals surface area contributed by atoms with Crippen LogP contribution in [-0.2, 0) is 11.5 Å². The molecule has 0 saturated heterocycles. The first-order valence-electron chi connectivity index (χ1n) is 24.5. The average Bonchev–Trinajstić information content (AvgIpc) is 3.66. The highest BCUT2D eigenvalue weighted by Gasteiger charge is 2.51. The molecule has 364 valence electrons. The van der Waals surface area contributed by atoms with Crippen molar-refractivity contribution in [2.45, 2.75) is 83.0 Å². The van der Waals surface area contributed by atoms with E-state index in [1.807, 2.05) is 70.5 Å². The van der Waals surface area contributed by atoms with E-state index in [0.29, 0.717) is 26.6 Å². The fraction of sp³-hybridized carbons (Fsp3) is 0.286. The third kappa shape index (κ3) is 6.85. The fourth-order valence-corrected chi connectivity index (χ4v) is 14.1. The monoisotopic (exact) mass is 998 g/mol. The van der Waals surface area contributed by atoms with Gasteiger partial charge in [-0.3, -0.25) is 38.5 Å². The molecular formula is C56H50N6O8S2. The van der Waals surface area contributed by atoms with Crippen LogP contribution < -0.4 is 30.3 Å². The number of carbonyl (C=O) groups is 2. The first-order chi connectivity index (χ1) is 35.1. The molecule has 4 bridgehead atoms. The van der Waals surface area contributed by atoms with Crippen LogP contribution in [-0.4, -0.2) is 78.8 Å². The highest BCUT2D eigenvalue weighted by atomic mass is 32.2. The number of rotatable bonds is 0. The first-order valence-corrected chi connectivity index (χ1v) is 26.5. The smallest absolute Gasteiger partial charge is 0.278 e. The maximum Gasteiger partial charge on any atom is 0.278 e. The van der Waals surface area contributed by atoms with Gasteiger partial charge in [0.1, 0.15) is 50.1 Å². The molecule has 8 heterocycles. The topological polar surface area (TPSA) is 150 Å². The fourth-order valence-electron chi connectivity index (χ4n) is 11.9. The van der Waals surface area contributed by atoms with Gasteiger partial charge in [0.05, 0.1) is 11.1 Å². The van der Waals surface area contributed by atoms with Crippen molar-refractivity contribution in [1.82, 2.24) is 19.2 Å². The molecule has 4 aromatic carbocycles. The number of thioether (sulfide) groups is 2. The van der Waals surface area contributed by atoms with Crippen molar-refractivity contribution >= 4 is 35.3 Å². The van der Waals surface area contributed by atoms with Crippen molar-refractivity contribution in [3.63, 3.8) is 0 Å². The molecule has 6 aliphatic heterocycles. The van der Waals surface area contributed by atoms with Crippen molar-refractivity contribution in [2.24, 2.45) is 0 Å². The van der Waals surface area contributed by atoms with Crippen LogP contribution in [0.4, 0.5) is 0 Å². The molecule has 2 saturated carbocycles. The Bertz CT molecular complexity index is 3210. The second-order valence-electron chi connectivity index (χ2n) is 19.5. The van der Waals surface area contributed by atoms with Gasteiger partial charge in [-0.2, -0.15) is 0 Å². The molecule has 8 aliphatic rings. The Labute approximate surface area is 423 Å². The SMILES string of the molecule is O=C1c2c(O)c(=O)ccn2N2CN1C1(/C=C/COc3cccc4c3[C@@H]2c2ccccc2SC4)CCC1.O=C1c2c(O)c(=O)ccn2N2CN1C1(/C=C/COc3cccc4c3[C@H]2c2ccccc2SC4)CCC1. The summed E-state index contributed by atoms with van der Waals surface area (Å²) in [6, 6.07) is 31.0. The van der Waals surface area contributed by atoms with Gasteiger partial charge in [-0.25, -0.2) is 0 Å². The Balaban J connectivity index is 0.000000140. The molecule has 2 aromatic heterocycles. The zero-order valence-electron chi connectivity index (χ0n) is 39.2. The molecule has 2 spiro atoms. The molecule has 2 atom stereocenters. The summed E-state index contributed by atoms with van der Waals surface area (Å²) in [5.41, 5.74) is 4.60. The number of amides is 2. The van der Waals surface area contributed by atoms with Gasteiger partial charge in [0, 0.05) is 56.9 Å². The second kappa shape index (κ2) is 17.2. The van der Waals surface area contributed by atoms with Crippen LogP contribution in [0.5, 0.6) is 23.0 Å². The number of ether oxygens (including phenoxy) is 2. The number of aromatic nitrogens is 2. The summed E-state index contributed by atoms with van der Waals surface area (Å²) in [5, 5.41) is 26.0. The van der Waals surface area contributed by atoms with Gasteiger partial charge < -0.3 is 29.5 Å². The Morgan fingerprint density at radius 3 is 1.38 bits per heavy atom. The Morgan fingerprint density at radius 1 is 0.528 bits per heavy atom. The summed E-state index contributed by atoms with van der Waals surface area (Å²) in [7, 11) is 0. The van der Waals surface area contributed by atoms with E-state index < -0.39 is 33.4 Å². The number of hydrogen-bond donors (Lipinski definition) is 2. The summed E-state index contributed by atoms with van der Waals surface area (Å²) in [4.78, 5) is 58.8. The molecule has 14 nitrogen and oxygen atoms in total. The lowest BCUT2D eigenvalue weighted by atomic mass is 9.74. The normalized spacial score (nSPS) is 22.2. The number of aromatic hydroxyl groups is 2. The maximum atomic E-state index is 13.9. The highest BCUT2D eigenvalue weighted by molar-refractivity contribution is 7.98. The van der Waals surface area contributed by atoms with E-state index in [-0.39, 0.29) is 35.3 Å². The van der Waals surface area contributed by atoms with E-state index in [4.69, 9.17) is 9.47 Å². The molecule has 0 radical (unpaired) electrons. The average molecular weight is 999 g/mol. The maximum absolute atomic E-state index is 13.9. The van der Waals surface area contributed by atoms with Gasteiger partial charge in [0.2, 0.25) is 10.9 Å². The van der Waals surface area contributed by atoms with Gasteiger partial charge in [-0.05, 0) is 97.2 Å². The molecule has 0 unspecified atom stereocenters. The minimum atomic E-state index is -0.555. The summed E-state index contributed by atoms with van der Waals surface area (Å²) in [5.74, 6) is 1.53. The second-order valence-corrected chi connectivity index (χ2v) is 21.6. The molecule has 72 heavy (non-hydrogen) atoms. The van der Waals surface area contributed by atoms with Crippen molar-refractivity contribution in [3.05, 3.63) is 199 Å². The van der Waals surface area contributed by atoms with E-state index >= 15 is 0 Å². The van der Waals surface area contributed by atoms with Crippen LogP contribution in [0.3, 0.4) is 0 Å². The van der Waals surface area contributed by atoms with Crippen LogP contribution in [0.15, 0.2) is 153 Å². The summed E-state index contributed by atoms with van der Waals surface area (Å²) in [6.07, 6.45) is 16.7. The van der Waals surface area contributed by atoms with E-state index in [9.17, 15) is 29.4 Å². The Kier molecular flexibility index (Phi) is 10.7. The van der Waals surface area contributed by atoms with Crippen LogP contribution in [0, 0.1) is 0 Å². The highest BCUT2D eigenvalue weighted by Crippen LogP contribution is 2.51. The van der Waals surface area contributed by atoms with Crippen LogP contribution >= 0.6 is 23.5 Å². The predicted molar refractivity (Wildman–Crippen MR) is 274 cm³/mol. The Hall–Kier alpha value is -7.30. The van der Waals surface area contributed by atoms with E-state index in [0.717, 1.165) is 105 Å². The summed E-state index contributed by atoms with van der Waals surface area (Å²) < 4.78 is 16.1. The third-order valence-electron chi connectivity index (χ3n) is 15.8. The largest absolute Gasteiger partial charge is 0.502 e. The zero-order valence-corrected chi connectivity index (χ0v) is 40.8. The van der Waals surface area contributed by atoms with E-state index in [1.54, 1.807) is 45.3 Å². The van der Waals surface area contributed by atoms with Crippen molar-refractivity contribution < 1.29 is 29.3 Å². The molecule has 2 amide bonds. The predicted octanol–water partition coefficient (Wildman–Crippen LogP) is 8.34. The molecule has 16 heteroatoms. The molecule has 6 aromatic rings. The third-order valence-corrected chi connectivity index (χ3v) is 18.1. The molecule has 2 aliphatic carbocycles. The lowest BCUT2D eigenvalue weighted by Gasteiger charge is -2.54. The number of fused-ring (bicyclic) bond motifs is 16. The van der Waals surface area contributed by atoms with Crippen molar-refractivity contribution in [1.29, 1.82) is 0 Å². The molecule has 2 N–H and O–H groups in total. The molecule has 14 rings (SSSR count). The van der Waals surface area contributed by atoms with Gasteiger partial charge in [0.25, 0.3) is 11.8 Å². The number of pyridine rings is 2. The Morgan fingerprint density at radius 2 is 0.958 bits per heavy atom. The van der Waals surface area contributed by atoms with Gasteiger partial charge in [0.15, 0.2) is 22.9 Å². The van der Waals surface area contributed by atoms with Gasteiger partial charge in [-0.1, -0.05) is 72.8 Å². The summed E-state index contributed by atoms with van der Waals surface area (Å²) >= 11 is 3.57. The van der Waals surface area contributed by atoms with Crippen LogP contribution in [0.2, 0.25) is 0 Å². The summed E-state index contributed by atoms with van der Waals surface area (Å²) in [6.45, 7) is 1.43. The molecule has 2 fully saturated rings. The van der Waals surface area contributed by atoms with E-state index in [1.165, 1.54) is 12.1 Å². The lowest BCUT2D eigenvalue weighted by molar-refractivity contribution is 0.0248. The van der Waals surface area contributed by atoms with Crippen molar-refractivity contribution in [3.8, 4) is 23.0 Å². The number of carbonyl (C=O) groups excluding carboxylic acids is 2. The van der Waals surface area contributed by atoms with Crippen LogP contribution in [0.25, 0.3) is 0 Å². The quantitative estimate of drug-likeness (QED) is 0.141. The zero-order chi connectivity index (χ0) is 48.9. The minimum Gasteiger partial charge on any atom is -0.502 e. The molecular weight excluding hydrogens is 949 g/mol. The minimum absolute atomic E-state index is 0.0157. The van der Waals surface area contributed by atoms with Crippen LogP contribution in [0.1, 0.15) is 105 Å². The lowest BCUT2D eigenvalue weighted by Crippen LogP contribution is -2.64.